The topological polar surface area (TPSA) is 38.8 Å². The Morgan fingerprint density at radius 1 is 1.30 bits per heavy atom. The van der Waals surface area contributed by atoms with Gasteiger partial charge in [-0.3, -0.25) is 0 Å². The molecule has 0 amide bonds. The smallest absolute Gasteiger partial charge is 0.337 e. The molecule has 108 valence electrons. The van der Waals surface area contributed by atoms with Gasteiger partial charge in [-0.05, 0) is 31.0 Å². The van der Waals surface area contributed by atoms with E-state index in [2.05, 4.69) is 4.90 Å². The summed E-state index contributed by atoms with van der Waals surface area (Å²) in [6, 6.07) is 6.25. The highest BCUT2D eigenvalue weighted by Gasteiger charge is 2.27. The highest BCUT2D eigenvalue weighted by Crippen LogP contribution is 2.36. The molecule has 0 atom stereocenters. The first-order valence-electron chi connectivity index (χ1n) is 7.41. The Balaban J connectivity index is 1.87. The Labute approximate surface area is 119 Å². The second-order valence-corrected chi connectivity index (χ2v) is 5.51. The number of carbonyl (C=O) groups is 1. The van der Waals surface area contributed by atoms with Gasteiger partial charge in [0.25, 0.3) is 0 Å². The van der Waals surface area contributed by atoms with Crippen LogP contribution in [-0.2, 0) is 4.74 Å². The van der Waals surface area contributed by atoms with E-state index in [-0.39, 0.29) is 5.97 Å². The molecule has 20 heavy (non-hydrogen) atoms. The van der Waals surface area contributed by atoms with Crippen LogP contribution in [0, 0.1) is 0 Å². The number of nitrogens with zero attached hydrogens (tertiary/aromatic N) is 1. The van der Waals surface area contributed by atoms with Gasteiger partial charge in [0.05, 0.1) is 24.9 Å². The van der Waals surface area contributed by atoms with Crippen molar-refractivity contribution in [2.45, 2.75) is 38.1 Å². The highest BCUT2D eigenvalue weighted by atomic mass is 16.5. The van der Waals surface area contributed by atoms with Crippen LogP contribution in [-0.4, -0.2) is 32.3 Å². The fraction of sp³-hybridized carbons (Fsp3) is 0.562. The standard InChI is InChI=1S/C16H21NO3/c1-19-16(18)12-7-8-14-15(11-12)20-10-9-17(14)13-5-3-2-4-6-13/h7-8,11,13H,2-6,9-10H2,1H3. The van der Waals surface area contributed by atoms with Gasteiger partial charge in [-0.2, -0.15) is 0 Å². The Kier molecular flexibility index (Phi) is 3.81. The van der Waals surface area contributed by atoms with Gasteiger partial charge in [-0.1, -0.05) is 19.3 Å². The van der Waals surface area contributed by atoms with Crippen LogP contribution in [0.3, 0.4) is 0 Å². The molecule has 0 spiro atoms. The summed E-state index contributed by atoms with van der Waals surface area (Å²) in [7, 11) is 1.40. The van der Waals surface area contributed by atoms with Crippen LogP contribution < -0.4 is 9.64 Å². The van der Waals surface area contributed by atoms with E-state index in [0.29, 0.717) is 18.2 Å². The van der Waals surface area contributed by atoms with Crippen molar-refractivity contribution in [3.63, 3.8) is 0 Å². The normalized spacial score (nSPS) is 19.1. The Hall–Kier alpha value is -1.71. The summed E-state index contributed by atoms with van der Waals surface area (Å²) in [5.41, 5.74) is 1.67. The Morgan fingerprint density at radius 2 is 2.10 bits per heavy atom. The number of carbonyl (C=O) groups excluding carboxylic acids is 1. The highest BCUT2D eigenvalue weighted by molar-refractivity contribution is 5.90. The predicted molar refractivity (Wildman–Crippen MR) is 77.5 cm³/mol. The van der Waals surface area contributed by atoms with Crippen molar-refractivity contribution in [3.8, 4) is 5.75 Å². The maximum atomic E-state index is 11.6. The number of rotatable bonds is 2. The zero-order valence-corrected chi connectivity index (χ0v) is 11.9. The minimum absolute atomic E-state index is 0.314. The van der Waals surface area contributed by atoms with Gasteiger partial charge in [0.1, 0.15) is 12.4 Å². The molecular weight excluding hydrogens is 254 g/mol. The summed E-state index contributed by atoms with van der Waals surface area (Å²) in [5, 5.41) is 0. The zero-order valence-electron chi connectivity index (χ0n) is 11.9. The van der Waals surface area contributed by atoms with E-state index >= 15 is 0 Å². The first kappa shape index (κ1) is 13.3. The van der Waals surface area contributed by atoms with Crippen LogP contribution in [0.5, 0.6) is 5.75 Å². The molecule has 0 aromatic heterocycles. The lowest BCUT2D eigenvalue weighted by molar-refractivity contribution is 0.0600. The van der Waals surface area contributed by atoms with Crippen LogP contribution in [0.2, 0.25) is 0 Å². The van der Waals surface area contributed by atoms with Gasteiger partial charge in [-0.15, -0.1) is 0 Å². The number of ether oxygens (including phenoxy) is 2. The van der Waals surface area contributed by atoms with E-state index in [1.807, 2.05) is 12.1 Å². The summed E-state index contributed by atoms with van der Waals surface area (Å²) in [6.45, 7) is 1.63. The molecule has 0 N–H and O–H groups in total. The first-order valence-corrected chi connectivity index (χ1v) is 7.41. The summed E-state index contributed by atoms with van der Waals surface area (Å²) in [5.74, 6) is 0.496. The van der Waals surface area contributed by atoms with Crippen molar-refractivity contribution in [2.75, 3.05) is 25.2 Å². The number of esters is 1. The van der Waals surface area contributed by atoms with Crippen LogP contribution >= 0.6 is 0 Å². The second-order valence-electron chi connectivity index (χ2n) is 5.51. The minimum Gasteiger partial charge on any atom is -0.490 e. The van der Waals surface area contributed by atoms with Crippen LogP contribution in [0.25, 0.3) is 0 Å². The number of fused-ring (bicyclic) bond motifs is 1. The number of anilines is 1. The summed E-state index contributed by atoms with van der Waals surface area (Å²) >= 11 is 0. The van der Waals surface area contributed by atoms with E-state index in [1.165, 1.54) is 39.2 Å². The lowest BCUT2D eigenvalue weighted by Gasteiger charge is -2.39. The molecule has 4 nitrogen and oxygen atoms in total. The third kappa shape index (κ3) is 2.47. The molecule has 1 heterocycles. The monoisotopic (exact) mass is 275 g/mol. The van der Waals surface area contributed by atoms with E-state index in [9.17, 15) is 4.79 Å². The molecule has 2 aliphatic rings. The summed E-state index contributed by atoms with van der Waals surface area (Å²) in [4.78, 5) is 14.0. The van der Waals surface area contributed by atoms with Crippen molar-refractivity contribution < 1.29 is 14.3 Å². The van der Waals surface area contributed by atoms with Crippen LogP contribution in [0.4, 0.5) is 5.69 Å². The average Bonchev–Trinajstić information content (AvgIpc) is 2.53. The first-order chi connectivity index (χ1) is 9.79. The van der Waals surface area contributed by atoms with Crippen molar-refractivity contribution in [1.29, 1.82) is 0 Å². The van der Waals surface area contributed by atoms with Crippen molar-refractivity contribution >= 4 is 11.7 Å². The zero-order chi connectivity index (χ0) is 13.9. The lowest BCUT2D eigenvalue weighted by Crippen LogP contribution is -2.42. The molecule has 1 aliphatic carbocycles. The van der Waals surface area contributed by atoms with Crippen LogP contribution in [0.15, 0.2) is 18.2 Å². The van der Waals surface area contributed by atoms with Gasteiger partial charge < -0.3 is 14.4 Å². The Morgan fingerprint density at radius 3 is 2.85 bits per heavy atom. The van der Waals surface area contributed by atoms with Gasteiger partial charge in [-0.25, -0.2) is 4.79 Å². The number of hydrogen-bond acceptors (Lipinski definition) is 4. The second kappa shape index (κ2) is 5.73. The van der Waals surface area contributed by atoms with Gasteiger partial charge >= 0.3 is 5.97 Å². The molecule has 1 aromatic rings. The minimum atomic E-state index is -0.314. The van der Waals surface area contributed by atoms with E-state index in [4.69, 9.17) is 9.47 Å². The van der Waals surface area contributed by atoms with Crippen molar-refractivity contribution in [3.05, 3.63) is 23.8 Å². The fourth-order valence-electron chi connectivity index (χ4n) is 3.26. The molecule has 0 radical (unpaired) electrons. The van der Waals surface area contributed by atoms with Crippen LogP contribution in [0.1, 0.15) is 42.5 Å². The van der Waals surface area contributed by atoms with Gasteiger partial charge in [0, 0.05) is 6.04 Å². The largest absolute Gasteiger partial charge is 0.490 e. The third-order valence-electron chi connectivity index (χ3n) is 4.30. The lowest BCUT2D eigenvalue weighted by atomic mass is 9.93. The molecule has 0 unspecified atom stereocenters. The van der Waals surface area contributed by atoms with Crippen molar-refractivity contribution in [2.24, 2.45) is 0 Å². The molecule has 4 heteroatoms. The molecule has 1 fully saturated rings. The molecule has 1 aliphatic heterocycles. The maximum Gasteiger partial charge on any atom is 0.337 e. The fourth-order valence-corrected chi connectivity index (χ4v) is 3.26. The number of hydrogen-bond donors (Lipinski definition) is 0. The predicted octanol–water partition coefficient (Wildman–Crippen LogP) is 3.00. The van der Waals surface area contributed by atoms with Crippen molar-refractivity contribution in [1.82, 2.24) is 0 Å². The number of benzene rings is 1. The SMILES string of the molecule is COC(=O)c1ccc2c(c1)OCCN2C1CCCCC1. The third-order valence-corrected chi connectivity index (χ3v) is 4.30. The van der Waals surface area contributed by atoms with Gasteiger partial charge in [0.2, 0.25) is 0 Å². The Bertz CT molecular complexity index is 494. The van der Waals surface area contributed by atoms with E-state index in [0.717, 1.165) is 18.0 Å². The molecule has 1 aromatic carbocycles. The van der Waals surface area contributed by atoms with E-state index < -0.39 is 0 Å². The summed E-state index contributed by atoms with van der Waals surface area (Å²) in [6.07, 6.45) is 6.51. The molecular formula is C16H21NO3. The summed E-state index contributed by atoms with van der Waals surface area (Å²) < 4.78 is 10.5. The molecule has 0 saturated heterocycles. The molecule has 3 rings (SSSR count). The quantitative estimate of drug-likeness (QED) is 0.778. The van der Waals surface area contributed by atoms with Gasteiger partial charge in [0.15, 0.2) is 0 Å². The van der Waals surface area contributed by atoms with E-state index in [1.54, 1.807) is 6.07 Å². The molecule has 1 saturated carbocycles. The maximum absolute atomic E-state index is 11.6. The molecule has 0 bridgehead atoms. The number of methoxy groups -OCH3 is 1. The average molecular weight is 275 g/mol.